The number of rotatable bonds is 6. The lowest BCUT2D eigenvalue weighted by Gasteiger charge is -2.41. The quantitative estimate of drug-likeness (QED) is 0.353. The van der Waals surface area contributed by atoms with E-state index < -0.39 is 26.0 Å². The fraction of sp³-hybridized carbons (Fsp3) is 0.786. The van der Waals surface area contributed by atoms with Gasteiger partial charge < -0.3 is 14.3 Å². The van der Waals surface area contributed by atoms with Crippen molar-refractivity contribution in [1.29, 1.82) is 0 Å². The van der Waals surface area contributed by atoms with Crippen molar-refractivity contribution in [3.63, 3.8) is 0 Å². The molecule has 0 amide bonds. The predicted octanol–water partition coefficient (Wildman–Crippen LogP) is 3.08. The van der Waals surface area contributed by atoms with Gasteiger partial charge >= 0.3 is 5.97 Å². The normalized spacial score (nSPS) is 17.5. The molecule has 0 spiro atoms. The lowest BCUT2D eigenvalue weighted by Crippen LogP contribution is -2.51. The van der Waals surface area contributed by atoms with Crippen LogP contribution in [0.25, 0.3) is 0 Å². The van der Waals surface area contributed by atoms with Gasteiger partial charge in [0.25, 0.3) is 0 Å². The van der Waals surface area contributed by atoms with E-state index in [1.54, 1.807) is 13.0 Å². The Morgan fingerprint density at radius 3 is 2.16 bits per heavy atom. The summed E-state index contributed by atoms with van der Waals surface area (Å²) < 4.78 is 10.7. The van der Waals surface area contributed by atoms with Crippen LogP contribution in [0.2, 0.25) is 18.1 Å². The average Bonchev–Trinajstić information content (AvgIpc) is 2.25. The van der Waals surface area contributed by atoms with Crippen LogP contribution in [0.4, 0.5) is 0 Å². The zero-order valence-corrected chi connectivity index (χ0v) is 14.2. The van der Waals surface area contributed by atoms with Crippen molar-refractivity contribution in [2.24, 2.45) is 5.41 Å². The molecule has 0 aliphatic heterocycles. The molecule has 0 aromatic carbocycles. The Hall–Kier alpha value is -0.653. The third-order valence-electron chi connectivity index (χ3n) is 3.98. The number of hydrogen-bond donors (Lipinski definition) is 1. The van der Waals surface area contributed by atoms with Crippen LogP contribution in [-0.4, -0.2) is 32.8 Å². The van der Waals surface area contributed by atoms with E-state index in [0.29, 0.717) is 6.42 Å². The molecule has 0 saturated heterocycles. The summed E-state index contributed by atoms with van der Waals surface area (Å²) in [6, 6.07) is 0. The van der Waals surface area contributed by atoms with Crippen LogP contribution in [-0.2, 0) is 14.0 Å². The predicted molar refractivity (Wildman–Crippen MR) is 79.2 cm³/mol. The molecule has 0 aliphatic rings. The van der Waals surface area contributed by atoms with Crippen LogP contribution in [0, 0.1) is 5.41 Å². The van der Waals surface area contributed by atoms with Crippen molar-refractivity contribution in [3.05, 3.63) is 12.7 Å². The Bertz CT molecular complexity index is 333. The first kappa shape index (κ1) is 18.3. The standard InChI is InChI=1S/C14H28O4Si/c1-9-10-14(5,11(15)17-6)12(16)18-19(7,8)13(2,3)4/h9,12,16H,1,10H2,2-8H3/t12?,14-/m0/s1. The molecule has 0 rings (SSSR count). The largest absolute Gasteiger partial charge is 0.468 e. The Labute approximate surface area is 117 Å². The highest BCUT2D eigenvalue weighted by Crippen LogP contribution is 2.40. The van der Waals surface area contributed by atoms with E-state index in [1.165, 1.54) is 7.11 Å². The molecule has 1 unspecified atom stereocenters. The first-order valence-electron chi connectivity index (χ1n) is 6.47. The number of aliphatic hydroxyl groups excluding tert-OH is 1. The molecular formula is C14H28O4Si. The molecule has 0 aromatic rings. The highest BCUT2D eigenvalue weighted by Gasteiger charge is 2.47. The van der Waals surface area contributed by atoms with Crippen molar-refractivity contribution in [1.82, 2.24) is 0 Å². The molecule has 1 N–H and O–H groups in total. The smallest absolute Gasteiger partial charge is 0.316 e. The number of hydrogen-bond acceptors (Lipinski definition) is 4. The highest BCUT2D eigenvalue weighted by molar-refractivity contribution is 6.74. The summed E-state index contributed by atoms with van der Waals surface area (Å²) in [4.78, 5) is 11.9. The second kappa shape index (κ2) is 6.20. The van der Waals surface area contributed by atoms with Gasteiger partial charge in [0.05, 0.1) is 7.11 Å². The van der Waals surface area contributed by atoms with Gasteiger partial charge in [0.1, 0.15) is 5.41 Å². The van der Waals surface area contributed by atoms with Gasteiger partial charge in [-0.2, -0.15) is 0 Å². The Kier molecular flexibility index (Phi) is 5.99. The minimum absolute atomic E-state index is 0.0425. The van der Waals surface area contributed by atoms with E-state index in [1.807, 2.05) is 13.1 Å². The van der Waals surface area contributed by atoms with Crippen LogP contribution < -0.4 is 0 Å². The zero-order valence-electron chi connectivity index (χ0n) is 13.2. The zero-order chi connectivity index (χ0) is 15.5. The first-order valence-corrected chi connectivity index (χ1v) is 9.38. The molecule has 19 heavy (non-hydrogen) atoms. The molecule has 112 valence electrons. The minimum Gasteiger partial charge on any atom is -0.468 e. The monoisotopic (exact) mass is 288 g/mol. The van der Waals surface area contributed by atoms with E-state index in [4.69, 9.17) is 9.16 Å². The van der Waals surface area contributed by atoms with Crippen LogP contribution in [0.3, 0.4) is 0 Å². The maximum absolute atomic E-state index is 11.9. The number of carbonyl (C=O) groups is 1. The number of methoxy groups -OCH3 is 1. The van der Waals surface area contributed by atoms with Gasteiger partial charge in [-0.05, 0) is 31.5 Å². The van der Waals surface area contributed by atoms with Crippen molar-refractivity contribution >= 4 is 14.3 Å². The molecule has 5 heteroatoms. The molecule has 0 heterocycles. The number of esters is 1. The molecule has 2 atom stereocenters. The Morgan fingerprint density at radius 2 is 1.84 bits per heavy atom. The fourth-order valence-electron chi connectivity index (χ4n) is 1.40. The molecule has 0 bridgehead atoms. The van der Waals surface area contributed by atoms with E-state index in [0.717, 1.165) is 0 Å². The van der Waals surface area contributed by atoms with Crippen LogP contribution in [0.5, 0.6) is 0 Å². The van der Waals surface area contributed by atoms with Gasteiger partial charge in [-0.15, -0.1) is 6.58 Å². The van der Waals surface area contributed by atoms with Gasteiger partial charge in [-0.3, -0.25) is 4.79 Å². The first-order chi connectivity index (χ1) is 8.42. The van der Waals surface area contributed by atoms with E-state index in [-0.39, 0.29) is 5.04 Å². The van der Waals surface area contributed by atoms with Gasteiger partial charge in [-0.1, -0.05) is 26.8 Å². The summed E-state index contributed by atoms with van der Waals surface area (Å²) in [5.41, 5.74) is -1.12. The summed E-state index contributed by atoms with van der Waals surface area (Å²) in [7, 11) is -0.849. The molecule has 4 nitrogen and oxygen atoms in total. The van der Waals surface area contributed by atoms with E-state index in [2.05, 4.69) is 27.4 Å². The lowest BCUT2D eigenvalue weighted by atomic mass is 9.86. The van der Waals surface area contributed by atoms with Crippen molar-refractivity contribution < 1.29 is 19.1 Å². The number of allylic oxidation sites excluding steroid dienone is 1. The second-order valence-corrected chi connectivity index (χ2v) is 11.4. The molecule has 0 radical (unpaired) electrons. The molecule has 0 saturated carbocycles. The number of carbonyl (C=O) groups excluding carboxylic acids is 1. The highest BCUT2D eigenvalue weighted by atomic mass is 28.4. The molecule has 0 aromatic heterocycles. The summed E-state index contributed by atoms with van der Waals surface area (Å²) >= 11 is 0. The van der Waals surface area contributed by atoms with E-state index in [9.17, 15) is 9.90 Å². The average molecular weight is 288 g/mol. The molecular weight excluding hydrogens is 260 g/mol. The summed E-state index contributed by atoms with van der Waals surface area (Å²) in [6.07, 6.45) is 0.698. The summed E-state index contributed by atoms with van der Waals surface area (Å²) in [5.74, 6) is -0.487. The molecule has 0 fully saturated rings. The van der Waals surface area contributed by atoms with E-state index >= 15 is 0 Å². The van der Waals surface area contributed by atoms with Gasteiger partial charge in [0, 0.05) is 0 Å². The van der Waals surface area contributed by atoms with Crippen LogP contribution in [0.15, 0.2) is 12.7 Å². The minimum atomic E-state index is -2.16. The van der Waals surface area contributed by atoms with Gasteiger partial charge in [0.15, 0.2) is 14.6 Å². The van der Waals surface area contributed by atoms with Crippen molar-refractivity contribution in [2.75, 3.05) is 7.11 Å². The maximum Gasteiger partial charge on any atom is 0.316 e. The number of ether oxygens (including phenoxy) is 1. The SMILES string of the molecule is C=CC[C@@](C)(C(=O)OC)C(O)O[Si](C)(C)C(C)(C)C. The second-order valence-electron chi connectivity index (χ2n) is 6.63. The van der Waals surface area contributed by atoms with Crippen molar-refractivity contribution in [3.8, 4) is 0 Å². The third-order valence-corrected chi connectivity index (χ3v) is 8.40. The maximum atomic E-state index is 11.9. The summed E-state index contributed by atoms with van der Waals surface area (Å²) in [6.45, 7) is 15.6. The van der Waals surface area contributed by atoms with Crippen LogP contribution >= 0.6 is 0 Å². The van der Waals surface area contributed by atoms with Crippen LogP contribution in [0.1, 0.15) is 34.1 Å². The summed E-state index contributed by atoms with van der Waals surface area (Å²) in [5, 5.41) is 10.3. The Morgan fingerprint density at radius 1 is 1.37 bits per heavy atom. The fourth-order valence-corrected chi connectivity index (χ4v) is 2.58. The third kappa shape index (κ3) is 4.16. The lowest BCUT2D eigenvalue weighted by molar-refractivity contribution is -0.177. The van der Waals surface area contributed by atoms with Gasteiger partial charge in [-0.25, -0.2) is 0 Å². The van der Waals surface area contributed by atoms with Gasteiger partial charge in [0.2, 0.25) is 0 Å². The Balaban J connectivity index is 5.19. The molecule has 0 aliphatic carbocycles. The topological polar surface area (TPSA) is 55.8 Å². The van der Waals surface area contributed by atoms with Crippen molar-refractivity contribution in [2.45, 2.75) is 58.5 Å². The number of aliphatic hydroxyl groups is 1.